The molecule has 0 bridgehead atoms. The molecule has 1 saturated carbocycles. The predicted molar refractivity (Wildman–Crippen MR) is 104 cm³/mol. The van der Waals surface area contributed by atoms with Crippen LogP contribution in [-0.2, 0) is 19.2 Å². The van der Waals surface area contributed by atoms with Gasteiger partial charge in [0.1, 0.15) is 5.92 Å². The normalized spacial score (nSPS) is 25.9. The van der Waals surface area contributed by atoms with Crippen LogP contribution in [0.15, 0.2) is 0 Å². The number of Topliss-reactive ketones (excluding diaryl/α,β-unsaturated/α-hetero) is 4. The molecule has 1 rings (SSSR count). The van der Waals surface area contributed by atoms with E-state index in [1.54, 1.807) is 0 Å². The molecule has 0 aromatic rings. The summed E-state index contributed by atoms with van der Waals surface area (Å²) in [5, 5.41) is 11.1. The summed E-state index contributed by atoms with van der Waals surface area (Å²) in [5.41, 5.74) is -2.33. The van der Waals surface area contributed by atoms with E-state index < -0.39 is 40.6 Å². The minimum absolute atomic E-state index is 0.0400. The van der Waals surface area contributed by atoms with Gasteiger partial charge in [0.05, 0.1) is 5.92 Å². The molecule has 0 aromatic carbocycles. The van der Waals surface area contributed by atoms with Gasteiger partial charge in [-0.1, -0.05) is 48.0 Å². The van der Waals surface area contributed by atoms with Gasteiger partial charge in [-0.25, -0.2) is 0 Å². The van der Waals surface area contributed by atoms with Gasteiger partial charge in [0.15, 0.2) is 28.7 Å². The Hall–Kier alpha value is -1.36. The topological polar surface area (TPSA) is 88.5 Å². The second kappa shape index (κ2) is 9.72. The van der Waals surface area contributed by atoms with E-state index in [1.165, 1.54) is 0 Å². The third kappa shape index (κ3) is 5.56. The van der Waals surface area contributed by atoms with Crippen molar-refractivity contribution in [2.24, 2.45) is 29.6 Å². The van der Waals surface area contributed by atoms with Gasteiger partial charge in [0.25, 0.3) is 0 Å². The largest absolute Gasteiger partial charge is 0.374 e. The summed E-state index contributed by atoms with van der Waals surface area (Å²) in [5.74, 6) is -4.32. The van der Waals surface area contributed by atoms with Crippen molar-refractivity contribution in [3.8, 4) is 0 Å². The Kier molecular flexibility index (Phi) is 8.52. The Morgan fingerprint density at radius 2 is 1.37 bits per heavy atom. The van der Waals surface area contributed by atoms with Crippen LogP contribution in [0.5, 0.6) is 0 Å². The molecule has 1 aliphatic rings. The van der Waals surface area contributed by atoms with Crippen LogP contribution < -0.4 is 0 Å². The molecule has 0 amide bonds. The van der Waals surface area contributed by atoms with Crippen LogP contribution in [0.4, 0.5) is 0 Å². The lowest BCUT2D eigenvalue weighted by Crippen LogP contribution is -2.50. The van der Waals surface area contributed by atoms with Crippen LogP contribution in [-0.4, -0.2) is 33.8 Å². The first-order valence-corrected chi connectivity index (χ1v) is 10.3. The maximum Gasteiger partial charge on any atom is 0.192 e. The quantitative estimate of drug-likeness (QED) is 0.554. The number of ketones is 4. The molecule has 0 heterocycles. The Morgan fingerprint density at radius 1 is 0.889 bits per heavy atom. The maximum atomic E-state index is 13.0. The second-order valence-corrected chi connectivity index (χ2v) is 9.24. The van der Waals surface area contributed by atoms with E-state index >= 15 is 0 Å². The number of carbonyl (C=O) groups is 4. The van der Waals surface area contributed by atoms with E-state index in [-0.39, 0.29) is 37.0 Å². The van der Waals surface area contributed by atoms with Gasteiger partial charge in [-0.2, -0.15) is 0 Å². The van der Waals surface area contributed by atoms with Crippen LogP contribution in [0.25, 0.3) is 0 Å². The number of rotatable bonds is 11. The lowest BCUT2D eigenvalue weighted by Gasteiger charge is -2.26. The van der Waals surface area contributed by atoms with Gasteiger partial charge in [0, 0.05) is 12.8 Å². The van der Waals surface area contributed by atoms with Crippen molar-refractivity contribution in [1.29, 1.82) is 0 Å². The van der Waals surface area contributed by atoms with E-state index in [4.69, 9.17) is 0 Å². The molecule has 0 spiro atoms. The van der Waals surface area contributed by atoms with Crippen molar-refractivity contribution in [3.05, 3.63) is 0 Å². The van der Waals surface area contributed by atoms with Gasteiger partial charge in [0.2, 0.25) is 0 Å². The molecule has 5 nitrogen and oxygen atoms in total. The van der Waals surface area contributed by atoms with Gasteiger partial charge in [-0.05, 0) is 37.0 Å². The highest BCUT2D eigenvalue weighted by atomic mass is 16.3. The Labute approximate surface area is 163 Å². The molecule has 154 valence electrons. The Balaban J connectivity index is 3.15. The van der Waals surface area contributed by atoms with Crippen LogP contribution in [0, 0.1) is 29.6 Å². The number of aliphatic hydroxyl groups is 1. The van der Waals surface area contributed by atoms with Crippen LogP contribution in [0.3, 0.4) is 0 Å². The third-order valence-corrected chi connectivity index (χ3v) is 5.47. The molecule has 27 heavy (non-hydrogen) atoms. The first-order valence-electron chi connectivity index (χ1n) is 10.3. The summed E-state index contributed by atoms with van der Waals surface area (Å²) in [4.78, 5) is 51.2. The summed E-state index contributed by atoms with van der Waals surface area (Å²) in [6, 6.07) is 0. The zero-order chi connectivity index (χ0) is 20.9. The summed E-state index contributed by atoms with van der Waals surface area (Å²) in [6.07, 6.45) is 2.12. The fourth-order valence-corrected chi connectivity index (χ4v) is 3.60. The molecule has 1 fully saturated rings. The molecule has 0 radical (unpaired) electrons. The van der Waals surface area contributed by atoms with Crippen molar-refractivity contribution >= 4 is 23.1 Å². The maximum absolute atomic E-state index is 13.0. The summed E-state index contributed by atoms with van der Waals surface area (Å²) in [6.45, 7) is 11.8. The molecule has 3 atom stereocenters. The molecule has 0 saturated heterocycles. The fraction of sp³-hybridized carbons (Fsp3) is 0.818. The first-order chi connectivity index (χ1) is 12.4. The fourth-order valence-electron chi connectivity index (χ4n) is 3.60. The lowest BCUT2D eigenvalue weighted by atomic mass is 9.79. The number of hydrogen-bond donors (Lipinski definition) is 1. The molecule has 2 unspecified atom stereocenters. The van der Waals surface area contributed by atoms with Gasteiger partial charge < -0.3 is 5.11 Å². The first kappa shape index (κ1) is 23.7. The van der Waals surface area contributed by atoms with Crippen LogP contribution in [0.1, 0.15) is 80.1 Å². The smallest absolute Gasteiger partial charge is 0.192 e. The number of carbonyl (C=O) groups excluding carboxylic acids is 4. The molecule has 0 aliphatic heterocycles. The minimum atomic E-state index is -2.33. The monoisotopic (exact) mass is 380 g/mol. The van der Waals surface area contributed by atoms with Gasteiger partial charge in [-0.3, -0.25) is 19.2 Å². The number of hydrogen-bond acceptors (Lipinski definition) is 5. The molecule has 1 N–H and O–H groups in total. The van der Waals surface area contributed by atoms with Crippen molar-refractivity contribution in [2.75, 3.05) is 0 Å². The summed E-state index contributed by atoms with van der Waals surface area (Å²) < 4.78 is 0. The SMILES string of the molecule is CC(C)CCC(=O)C1C(=O)[C@@H](CCC(C)C)C(O)(C(=O)CCC(C)C)C1=O. The molecule has 0 aromatic heterocycles. The zero-order valence-corrected chi connectivity index (χ0v) is 17.7. The second-order valence-electron chi connectivity index (χ2n) is 9.24. The van der Waals surface area contributed by atoms with Gasteiger partial charge >= 0.3 is 0 Å². The summed E-state index contributed by atoms with van der Waals surface area (Å²) >= 11 is 0. The highest BCUT2D eigenvalue weighted by molar-refractivity contribution is 6.33. The molecule has 5 heteroatoms. The van der Waals surface area contributed by atoms with Crippen molar-refractivity contribution < 1.29 is 24.3 Å². The molecular formula is C22H36O5. The average Bonchev–Trinajstić information content (AvgIpc) is 2.75. The standard InChI is InChI=1S/C22H36O5/c1-13(2)7-10-16-20(25)19(17(23)11-8-14(3)4)21(26)22(16,27)18(24)12-9-15(5)6/h13-16,19,27H,7-12H2,1-6H3/t16-,19?,22?/m1/s1. The molecular weight excluding hydrogens is 344 g/mol. The molecule has 1 aliphatic carbocycles. The van der Waals surface area contributed by atoms with E-state index in [2.05, 4.69) is 0 Å². The Morgan fingerprint density at radius 3 is 1.85 bits per heavy atom. The van der Waals surface area contributed by atoms with Crippen LogP contribution in [0.2, 0.25) is 0 Å². The third-order valence-electron chi connectivity index (χ3n) is 5.47. The minimum Gasteiger partial charge on any atom is -0.374 e. The van der Waals surface area contributed by atoms with E-state index in [0.717, 1.165) is 0 Å². The Bertz CT molecular complexity index is 575. The van der Waals surface area contributed by atoms with Gasteiger partial charge in [-0.15, -0.1) is 0 Å². The lowest BCUT2D eigenvalue weighted by molar-refractivity contribution is -0.154. The highest BCUT2D eigenvalue weighted by Gasteiger charge is 2.64. The van der Waals surface area contributed by atoms with E-state index in [1.807, 2.05) is 41.5 Å². The highest BCUT2D eigenvalue weighted by Crippen LogP contribution is 2.40. The predicted octanol–water partition coefficient (Wildman–Crippen LogP) is 3.55. The summed E-state index contributed by atoms with van der Waals surface area (Å²) in [7, 11) is 0. The van der Waals surface area contributed by atoms with Crippen molar-refractivity contribution in [1.82, 2.24) is 0 Å². The van der Waals surface area contributed by atoms with E-state index in [9.17, 15) is 24.3 Å². The average molecular weight is 381 g/mol. The van der Waals surface area contributed by atoms with E-state index in [0.29, 0.717) is 19.3 Å². The van der Waals surface area contributed by atoms with Crippen LogP contribution >= 0.6 is 0 Å². The van der Waals surface area contributed by atoms with Crippen molar-refractivity contribution in [3.63, 3.8) is 0 Å². The zero-order valence-electron chi connectivity index (χ0n) is 17.7. The van der Waals surface area contributed by atoms with Crippen molar-refractivity contribution in [2.45, 2.75) is 85.7 Å².